The molecule has 0 amide bonds. The van der Waals surface area contributed by atoms with E-state index < -0.39 is 8.80 Å². The smallest absolute Gasteiger partial charge is 0.120 e. The number of likely N-dealkylation sites (N-methyl/N-ethyl adjacent to an activating group) is 1. The van der Waals surface area contributed by atoms with E-state index in [0.29, 0.717) is 0 Å². The fraction of sp³-hybridized carbons (Fsp3) is 0.429. The second-order valence-electron chi connectivity index (χ2n) is 9.25. The van der Waals surface area contributed by atoms with Gasteiger partial charge in [0.1, 0.15) is 26.0 Å². The van der Waals surface area contributed by atoms with Crippen molar-refractivity contribution in [3.05, 3.63) is 71.8 Å². The first kappa shape index (κ1) is 25.8. The molecule has 0 aromatic heterocycles. The largest absolute Gasteiger partial charge is 0.497 e. The average molecular weight is 449 g/mol. The molecule has 0 aliphatic carbocycles. The molecule has 2 aromatic carbocycles. The summed E-state index contributed by atoms with van der Waals surface area (Å²) < 4.78 is 11.8. The van der Waals surface area contributed by atoms with Gasteiger partial charge in [-0.25, -0.2) is 0 Å². The first-order valence-electron chi connectivity index (χ1n) is 11.3. The Hall–Kier alpha value is -2.48. The molecular formula is C28H38NO2Si. The average Bonchev–Trinajstić information content (AvgIpc) is 2.76. The van der Waals surface area contributed by atoms with E-state index in [0.717, 1.165) is 31.1 Å². The Morgan fingerprint density at radius 3 is 2.38 bits per heavy atom. The Morgan fingerprint density at radius 1 is 1.06 bits per heavy atom. The number of hydrogen-bond acceptors (Lipinski definition) is 3. The van der Waals surface area contributed by atoms with Gasteiger partial charge in [0.25, 0.3) is 0 Å². The van der Waals surface area contributed by atoms with Crippen molar-refractivity contribution in [2.75, 3.05) is 20.2 Å². The van der Waals surface area contributed by atoms with Crippen LogP contribution < -0.4 is 9.47 Å². The van der Waals surface area contributed by atoms with Gasteiger partial charge < -0.3 is 9.47 Å². The van der Waals surface area contributed by atoms with E-state index >= 15 is 0 Å². The fourth-order valence-corrected chi connectivity index (χ4v) is 4.46. The predicted molar refractivity (Wildman–Crippen MR) is 138 cm³/mol. The van der Waals surface area contributed by atoms with Crippen LogP contribution in [0.2, 0.25) is 13.1 Å². The van der Waals surface area contributed by atoms with Gasteiger partial charge in [-0.2, -0.15) is 0 Å². The van der Waals surface area contributed by atoms with Crippen molar-refractivity contribution in [1.82, 2.24) is 4.90 Å². The van der Waals surface area contributed by atoms with Crippen LogP contribution in [0.5, 0.6) is 11.5 Å². The van der Waals surface area contributed by atoms with Gasteiger partial charge >= 0.3 is 0 Å². The summed E-state index contributed by atoms with van der Waals surface area (Å²) in [5.41, 5.74) is 2.59. The lowest BCUT2D eigenvalue weighted by atomic mass is 9.98. The summed E-state index contributed by atoms with van der Waals surface area (Å²) in [6, 6.07) is 16.7. The molecule has 1 atom stereocenters. The van der Waals surface area contributed by atoms with Gasteiger partial charge in [0.05, 0.1) is 7.11 Å². The van der Waals surface area contributed by atoms with Crippen LogP contribution in [0.25, 0.3) is 0 Å². The van der Waals surface area contributed by atoms with E-state index in [1.807, 2.05) is 18.2 Å². The van der Waals surface area contributed by atoms with Gasteiger partial charge in [-0.3, -0.25) is 4.90 Å². The van der Waals surface area contributed by atoms with Gasteiger partial charge in [0.2, 0.25) is 0 Å². The SMILES string of the molecule is CCN(C/C=C/C#CC(C)(C)C)Cc1cccc(OC(c2ccc(OC)cc2)[Si](C)C)c1. The second-order valence-corrected chi connectivity index (χ2v) is 11.9. The summed E-state index contributed by atoms with van der Waals surface area (Å²) >= 11 is 0. The molecule has 1 radical (unpaired) electrons. The number of rotatable bonds is 10. The van der Waals surface area contributed by atoms with Crippen molar-refractivity contribution in [2.24, 2.45) is 5.41 Å². The molecule has 0 N–H and O–H groups in total. The van der Waals surface area contributed by atoms with Gasteiger partial charge in [-0.15, -0.1) is 0 Å². The van der Waals surface area contributed by atoms with Gasteiger partial charge in [-0.05, 0) is 68.8 Å². The second kappa shape index (κ2) is 12.5. The van der Waals surface area contributed by atoms with Crippen LogP contribution in [0.15, 0.2) is 60.7 Å². The molecule has 171 valence electrons. The molecule has 0 bridgehead atoms. The Balaban J connectivity index is 2.05. The van der Waals surface area contributed by atoms with E-state index in [2.05, 4.69) is 100 Å². The Labute approximate surface area is 197 Å². The number of methoxy groups -OCH3 is 1. The minimum absolute atomic E-state index is 0.0387. The fourth-order valence-electron chi connectivity index (χ4n) is 3.23. The third kappa shape index (κ3) is 8.94. The summed E-state index contributed by atoms with van der Waals surface area (Å²) in [7, 11) is 0.987. The van der Waals surface area contributed by atoms with Crippen LogP contribution >= 0.6 is 0 Å². The van der Waals surface area contributed by atoms with Crippen molar-refractivity contribution in [3.8, 4) is 23.3 Å². The van der Waals surface area contributed by atoms with Gasteiger partial charge in [-0.1, -0.05) is 62.2 Å². The molecule has 32 heavy (non-hydrogen) atoms. The molecule has 0 saturated carbocycles. The van der Waals surface area contributed by atoms with E-state index in [4.69, 9.17) is 9.47 Å². The van der Waals surface area contributed by atoms with Crippen LogP contribution in [0.3, 0.4) is 0 Å². The first-order valence-corrected chi connectivity index (χ1v) is 13.9. The first-order chi connectivity index (χ1) is 15.2. The quantitative estimate of drug-likeness (QED) is 0.304. The topological polar surface area (TPSA) is 21.7 Å². The Morgan fingerprint density at radius 2 is 1.78 bits per heavy atom. The number of hydrogen-bond donors (Lipinski definition) is 0. The van der Waals surface area contributed by atoms with E-state index in [-0.39, 0.29) is 11.1 Å². The minimum Gasteiger partial charge on any atom is -0.497 e. The standard InChI is InChI=1S/C28H38NO2Si/c1-8-29(20-11-9-10-19-28(2,3)4)22-23-13-12-14-26(21-23)31-27(32(6)7)24-15-17-25(30-5)18-16-24/h9,11-18,21,27H,8,20,22H2,1-7H3/b11-9+. The zero-order chi connectivity index (χ0) is 23.6. The highest BCUT2D eigenvalue weighted by Gasteiger charge is 2.19. The summed E-state index contributed by atoms with van der Waals surface area (Å²) in [6.07, 6.45) is 4.12. The van der Waals surface area contributed by atoms with Crippen LogP contribution in [-0.2, 0) is 6.54 Å². The Kier molecular flexibility index (Phi) is 10.1. The molecule has 0 heterocycles. The molecule has 0 spiro atoms. The van der Waals surface area contributed by atoms with Gasteiger partial charge in [0, 0.05) is 18.5 Å². The molecule has 0 aliphatic rings. The summed E-state index contributed by atoms with van der Waals surface area (Å²) in [6.45, 7) is 15.9. The maximum absolute atomic E-state index is 6.49. The molecular weight excluding hydrogens is 410 g/mol. The maximum Gasteiger partial charge on any atom is 0.120 e. The zero-order valence-electron chi connectivity index (χ0n) is 20.7. The monoisotopic (exact) mass is 448 g/mol. The van der Waals surface area contributed by atoms with E-state index in [1.54, 1.807) is 7.11 Å². The van der Waals surface area contributed by atoms with E-state index in [1.165, 1.54) is 11.1 Å². The van der Waals surface area contributed by atoms with Crippen LogP contribution in [0.1, 0.15) is 44.5 Å². The number of benzene rings is 2. The van der Waals surface area contributed by atoms with Gasteiger partial charge in [0.15, 0.2) is 0 Å². The molecule has 0 aliphatic heterocycles. The van der Waals surface area contributed by atoms with E-state index in [9.17, 15) is 0 Å². The normalized spacial score (nSPS) is 12.7. The van der Waals surface area contributed by atoms with Crippen molar-refractivity contribution >= 4 is 8.80 Å². The van der Waals surface area contributed by atoms with Crippen molar-refractivity contribution in [2.45, 2.75) is 53.1 Å². The van der Waals surface area contributed by atoms with Crippen molar-refractivity contribution < 1.29 is 9.47 Å². The molecule has 4 heteroatoms. The minimum atomic E-state index is -0.705. The molecule has 3 nitrogen and oxygen atoms in total. The highest BCUT2D eigenvalue weighted by Crippen LogP contribution is 2.27. The lowest BCUT2D eigenvalue weighted by Crippen LogP contribution is -2.23. The maximum atomic E-state index is 6.49. The molecule has 0 saturated heterocycles. The third-order valence-electron chi connectivity index (χ3n) is 4.96. The number of allylic oxidation sites excluding steroid dienone is 1. The summed E-state index contributed by atoms with van der Waals surface area (Å²) in [5, 5.41) is 0. The highest BCUT2D eigenvalue weighted by molar-refractivity contribution is 6.57. The van der Waals surface area contributed by atoms with Crippen LogP contribution in [0.4, 0.5) is 0 Å². The van der Waals surface area contributed by atoms with Crippen LogP contribution in [-0.4, -0.2) is 33.9 Å². The number of ether oxygens (including phenoxy) is 2. The highest BCUT2D eigenvalue weighted by atomic mass is 28.3. The summed E-state index contributed by atoms with van der Waals surface area (Å²) in [4.78, 5) is 2.39. The van der Waals surface area contributed by atoms with Crippen molar-refractivity contribution in [3.63, 3.8) is 0 Å². The molecule has 2 aromatic rings. The summed E-state index contributed by atoms with van der Waals surface area (Å²) in [5.74, 6) is 8.19. The Bertz CT molecular complexity index is 917. The molecule has 1 unspecified atom stereocenters. The third-order valence-corrected chi connectivity index (χ3v) is 6.46. The lowest BCUT2D eigenvalue weighted by molar-refractivity contribution is 0.278. The van der Waals surface area contributed by atoms with Crippen molar-refractivity contribution in [1.29, 1.82) is 0 Å². The van der Waals surface area contributed by atoms with Crippen LogP contribution in [0, 0.1) is 17.3 Å². The zero-order valence-corrected chi connectivity index (χ0v) is 21.7. The number of nitrogens with zero attached hydrogens (tertiary/aromatic N) is 1. The predicted octanol–water partition coefficient (Wildman–Crippen LogP) is 6.54. The lowest BCUT2D eigenvalue weighted by Gasteiger charge is -2.23. The molecule has 2 rings (SSSR count). The molecule has 0 fully saturated rings.